The summed E-state index contributed by atoms with van der Waals surface area (Å²) in [5.74, 6) is 0.525. The number of benzene rings is 1. The maximum absolute atomic E-state index is 11.6. The lowest BCUT2D eigenvalue weighted by Gasteiger charge is -2.20. The van der Waals surface area contributed by atoms with Crippen molar-refractivity contribution in [1.82, 2.24) is 5.32 Å². The summed E-state index contributed by atoms with van der Waals surface area (Å²) in [5.41, 5.74) is 2.21. The molecule has 20 heavy (non-hydrogen) atoms. The summed E-state index contributed by atoms with van der Waals surface area (Å²) in [5, 5.41) is 3.45. The van der Waals surface area contributed by atoms with Gasteiger partial charge in [-0.05, 0) is 38.4 Å². The van der Waals surface area contributed by atoms with Crippen LogP contribution in [0.3, 0.4) is 0 Å². The topological polar surface area (TPSA) is 47.6 Å². The molecular weight excluding hydrogens is 254 g/mol. The van der Waals surface area contributed by atoms with Gasteiger partial charge in [-0.25, -0.2) is 4.79 Å². The maximum atomic E-state index is 11.6. The Balaban J connectivity index is 2.16. The Bertz CT molecular complexity index is 473. The molecule has 1 aromatic carbocycles. The molecular formula is C16H23NO3. The molecule has 1 fully saturated rings. The van der Waals surface area contributed by atoms with E-state index in [0.717, 1.165) is 29.8 Å². The Labute approximate surface area is 120 Å². The van der Waals surface area contributed by atoms with E-state index in [1.54, 1.807) is 0 Å². The quantitative estimate of drug-likeness (QED) is 0.812. The van der Waals surface area contributed by atoms with Gasteiger partial charge in [-0.3, -0.25) is 0 Å². The minimum atomic E-state index is -0.464. The second-order valence-corrected chi connectivity index (χ2v) is 5.28. The van der Waals surface area contributed by atoms with Gasteiger partial charge in [0.1, 0.15) is 5.75 Å². The fourth-order valence-electron chi connectivity index (χ4n) is 2.31. The average Bonchev–Trinajstić information content (AvgIpc) is 2.82. The van der Waals surface area contributed by atoms with Crippen LogP contribution in [0.5, 0.6) is 5.75 Å². The molecule has 1 aliphatic rings. The van der Waals surface area contributed by atoms with Gasteiger partial charge in [0.25, 0.3) is 0 Å². The summed E-state index contributed by atoms with van der Waals surface area (Å²) in [4.78, 5) is 11.6. The third-order valence-corrected chi connectivity index (χ3v) is 3.49. The predicted molar refractivity (Wildman–Crippen MR) is 77.9 cm³/mol. The van der Waals surface area contributed by atoms with Crippen molar-refractivity contribution in [3.05, 3.63) is 29.3 Å². The SMILES string of the molecule is CCCNC(C)c1ccc(C)cc1OC1CCOC1=O. The Kier molecular flexibility index (Phi) is 5.01. The zero-order valence-corrected chi connectivity index (χ0v) is 12.4. The summed E-state index contributed by atoms with van der Waals surface area (Å²) in [6.07, 6.45) is 1.25. The summed E-state index contributed by atoms with van der Waals surface area (Å²) < 4.78 is 10.8. The third-order valence-electron chi connectivity index (χ3n) is 3.49. The second kappa shape index (κ2) is 6.75. The predicted octanol–water partition coefficient (Wildman–Crippen LogP) is 2.75. The molecule has 4 heteroatoms. The fourth-order valence-corrected chi connectivity index (χ4v) is 2.31. The first-order chi connectivity index (χ1) is 9.61. The van der Waals surface area contributed by atoms with Crippen molar-refractivity contribution in [3.8, 4) is 5.75 Å². The molecule has 2 rings (SSSR count). The summed E-state index contributed by atoms with van der Waals surface area (Å²) in [6.45, 7) is 7.68. The molecule has 0 spiro atoms. The number of cyclic esters (lactones) is 1. The molecule has 0 aromatic heterocycles. The summed E-state index contributed by atoms with van der Waals surface area (Å²) in [6, 6.07) is 6.32. The first-order valence-corrected chi connectivity index (χ1v) is 7.29. The van der Waals surface area contributed by atoms with Gasteiger partial charge in [0.05, 0.1) is 6.61 Å². The fraction of sp³-hybridized carbons (Fsp3) is 0.562. The Morgan fingerprint density at radius 3 is 2.95 bits per heavy atom. The van der Waals surface area contributed by atoms with Gasteiger partial charge in [0.2, 0.25) is 0 Å². The van der Waals surface area contributed by atoms with Gasteiger partial charge in [0, 0.05) is 18.0 Å². The number of nitrogens with one attached hydrogen (secondary N) is 1. The van der Waals surface area contributed by atoms with Crippen molar-refractivity contribution in [2.75, 3.05) is 13.2 Å². The molecule has 0 saturated carbocycles. The number of rotatable bonds is 6. The molecule has 4 nitrogen and oxygen atoms in total. The van der Waals surface area contributed by atoms with Crippen LogP contribution in [0.25, 0.3) is 0 Å². The van der Waals surface area contributed by atoms with E-state index in [0.29, 0.717) is 13.0 Å². The summed E-state index contributed by atoms with van der Waals surface area (Å²) >= 11 is 0. The van der Waals surface area contributed by atoms with Gasteiger partial charge in [0.15, 0.2) is 6.10 Å². The van der Waals surface area contributed by atoms with Gasteiger partial charge in [-0.2, -0.15) is 0 Å². The van der Waals surface area contributed by atoms with Crippen LogP contribution in [0.2, 0.25) is 0 Å². The van der Waals surface area contributed by atoms with Crippen LogP contribution >= 0.6 is 0 Å². The second-order valence-electron chi connectivity index (χ2n) is 5.28. The molecule has 0 amide bonds. The highest BCUT2D eigenvalue weighted by molar-refractivity contribution is 5.76. The third kappa shape index (κ3) is 3.51. The number of carbonyl (C=O) groups excluding carboxylic acids is 1. The maximum Gasteiger partial charge on any atom is 0.347 e. The molecule has 0 radical (unpaired) electrons. The van der Waals surface area contributed by atoms with Crippen molar-refractivity contribution in [3.63, 3.8) is 0 Å². The molecule has 1 aromatic rings. The van der Waals surface area contributed by atoms with Crippen molar-refractivity contribution < 1.29 is 14.3 Å². The summed E-state index contributed by atoms with van der Waals surface area (Å²) in [7, 11) is 0. The van der Waals surface area contributed by atoms with E-state index < -0.39 is 6.10 Å². The lowest BCUT2D eigenvalue weighted by molar-refractivity contribution is -0.143. The van der Waals surface area contributed by atoms with E-state index in [1.807, 2.05) is 13.0 Å². The molecule has 1 N–H and O–H groups in total. The number of aryl methyl sites for hydroxylation is 1. The number of ether oxygens (including phenoxy) is 2. The van der Waals surface area contributed by atoms with E-state index in [2.05, 4.69) is 31.3 Å². The van der Waals surface area contributed by atoms with Gasteiger partial charge in [-0.15, -0.1) is 0 Å². The van der Waals surface area contributed by atoms with Gasteiger partial charge in [-0.1, -0.05) is 19.1 Å². The minimum Gasteiger partial charge on any atom is -0.478 e. The van der Waals surface area contributed by atoms with Crippen LogP contribution in [0.1, 0.15) is 43.9 Å². The number of esters is 1. The van der Waals surface area contributed by atoms with Crippen molar-refractivity contribution in [2.45, 2.75) is 45.8 Å². The highest BCUT2D eigenvalue weighted by Gasteiger charge is 2.29. The molecule has 2 unspecified atom stereocenters. The average molecular weight is 277 g/mol. The molecule has 0 bridgehead atoms. The standard InChI is InChI=1S/C16H23NO3/c1-4-8-17-12(3)13-6-5-11(2)10-15(13)20-14-7-9-19-16(14)18/h5-6,10,12,14,17H,4,7-9H2,1-3H3. The molecule has 1 saturated heterocycles. The number of carbonyl (C=O) groups is 1. The van der Waals surface area contributed by atoms with E-state index in [4.69, 9.17) is 9.47 Å². The monoisotopic (exact) mass is 277 g/mol. The van der Waals surface area contributed by atoms with Crippen LogP contribution in [-0.2, 0) is 9.53 Å². The molecule has 0 aliphatic carbocycles. The smallest absolute Gasteiger partial charge is 0.347 e. The van der Waals surface area contributed by atoms with Crippen molar-refractivity contribution in [1.29, 1.82) is 0 Å². The Morgan fingerprint density at radius 1 is 1.50 bits per heavy atom. The largest absolute Gasteiger partial charge is 0.478 e. The van der Waals surface area contributed by atoms with Crippen LogP contribution in [0.15, 0.2) is 18.2 Å². The Morgan fingerprint density at radius 2 is 2.30 bits per heavy atom. The number of hydrogen-bond donors (Lipinski definition) is 1. The van der Waals surface area contributed by atoms with E-state index in [9.17, 15) is 4.79 Å². The van der Waals surface area contributed by atoms with Gasteiger partial charge >= 0.3 is 5.97 Å². The molecule has 1 aliphatic heterocycles. The highest BCUT2D eigenvalue weighted by Crippen LogP contribution is 2.28. The van der Waals surface area contributed by atoms with E-state index >= 15 is 0 Å². The lowest BCUT2D eigenvalue weighted by Crippen LogP contribution is -2.24. The Hall–Kier alpha value is -1.55. The van der Waals surface area contributed by atoms with Crippen LogP contribution in [0.4, 0.5) is 0 Å². The first kappa shape index (κ1) is 14.9. The molecule has 2 atom stereocenters. The highest BCUT2D eigenvalue weighted by atomic mass is 16.6. The van der Waals surface area contributed by atoms with E-state index in [-0.39, 0.29) is 12.0 Å². The van der Waals surface area contributed by atoms with Crippen LogP contribution < -0.4 is 10.1 Å². The van der Waals surface area contributed by atoms with E-state index in [1.165, 1.54) is 0 Å². The zero-order chi connectivity index (χ0) is 14.5. The van der Waals surface area contributed by atoms with Gasteiger partial charge < -0.3 is 14.8 Å². The number of hydrogen-bond acceptors (Lipinski definition) is 4. The molecule has 1 heterocycles. The van der Waals surface area contributed by atoms with Crippen molar-refractivity contribution in [2.24, 2.45) is 0 Å². The lowest BCUT2D eigenvalue weighted by atomic mass is 10.0. The normalized spacial score (nSPS) is 19.8. The van der Waals surface area contributed by atoms with Crippen LogP contribution in [-0.4, -0.2) is 25.2 Å². The van der Waals surface area contributed by atoms with Crippen LogP contribution in [0, 0.1) is 6.92 Å². The van der Waals surface area contributed by atoms with Crippen molar-refractivity contribution >= 4 is 5.97 Å². The zero-order valence-electron chi connectivity index (χ0n) is 12.4. The minimum absolute atomic E-state index is 0.197. The molecule has 110 valence electrons. The first-order valence-electron chi connectivity index (χ1n) is 7.29.